The van der Waals surface area contributed by atoms with E-state index in [-0.39, 0.29) is 17.3 Å². The van der Waals surface area contributed by atoms with Gasteiger partial charge in [-0.1, -0.05) is 5.21 Å². The van der Waals surface area contributed by atoms with E-state index >= 15 is 0 Å². The molecular formula is C14H12N6O3. The number of nitrogens with one attached hydrogen (secondary N) is 3. The highest BCUT2D eigenvalue weighted by molar-refractivity contribution is 6.07. The largest absolute Gasteiger partial charge is 0.476 e. The van der Waals surface area contributed by atoms with Crippen molar-refractivity contribution in [3.8, 4) is 11.5 Å². The van der Waals surface area contributed by atoms with Gasteiger partial charge >= 0.3 is 5.97 Å². The fraction of sp³-hybridized carbons (Fsp3) is 0.214. The number of anilines is 1. The smallest absolute Gasteiger partial charge is 0.358 e. The lowest BCUT2D eigenvalue weighted by molar-refractivity contribution is -0.119. The number of aromatic amines is 2. The van der Waals surface area contributed by atoms with Gasteiger partial charge in [0.1, 0.15) is 5.69 Å². The molecule has 0 saturated carbocycles. The molecule has 3 heterocycles. The summed E-state index contributed by atoms with van der Waals surface area (Å²) in [5.74, 6) is -0.924. The summed E-state index contributed by atoms with van der Waals surface area (Å²) in [6.07, 6.45) is 0. The summed E-state index contributed by atoms with van der Waals surface area (Å²) in [5, 5.41) is 21.5. The molecule has 1 amide bonds. The van der Waals surface area contributed by atoms with Gasteiger partial charge in [0.25, 0.3) is 0 Å². The minimum atomic E-state index is -1.19. The lowest BCUT2D eigenvalue weighted by Gasteiger charge is -2.14. The van der Waals surface area contributed by atoms with Gasteiger partial charge in [-0.3, -0.25) is 9.89 Å². The van der Waals surface area contributed by atoms with Crippen LogP contribution in [0.4, 0.5) is 5.69 Å². The number of nitrogens with zero attached hydrogens (tertiary/aromatic N) is 3. The molecular weight excluding hydrogens is 300 g/mol. The van der Waals surface area contributed by atoms with Gasteiger partial charge in [-0.15, -0.1) is 5.10 Å². The molecule has 0 unspecified atom stereocenters. The Balaban J connectivity index is 1.89. The standard InChI is InChI=1S/C14H12N6O3/c1-14(2)5-3-7-8(4-6(5)17-13(14)23)16-11(15-7)9-10(12(21)22)19-20-18-9/h3-4H,1-2H3,(H,15,16)(H,17,23)(H,21,22)(H,18,19,20). The SMILES string of the molecule is CC1(C)C(=O)Nc2cc3[nH]c(-c4[nH]nnc4C(=O)O)nc3cc21. The fourth-order valence-corrected chi connectivity index (χ4v) is 2.74. The van der Waals surface area contributed by atoms with Gasteiger partial charge in [-0.25, -0.2) is 9.78 Å². The first-order valence-electron chi connectivity index (χ1n) is 6.88. The normalized spacial score (nSPS) is 15.7. The molecule has 0 bridgehead atoms. The first kappa shape index (κ1) is 13.4. The Labute approximate surface area is 129 Å². The quantitative estimate of drug-likeness (QED) is 0.562. The molecule has 0 spiro atoms. The van der Waals surface area contributed by atoms with Crippen LogP contribution in [0.3, 0.4) is 0 Å². The molecule has 23 heavy (non-hydrogen) atoms. The average molecular weight is 312 g/mol. The number of aromatic nitrogens is 5. The lowest BCUT2D eigenvalue weighted by atomic mass is 9.86. The highest BCUT2D eigenvalue weighted by Crippen LogP contribution is 2.39. The van der Waals surface area contributed by atoms with Crippen LogP contribution in [0.2, 0.25) is 0 Å². The average Bonchev–Trinajstić information content (AvgIpc) is 3.15. The van der Waals surface area contributed by atoms with Crippen molar-refractivity contribution in [2.75, 3.05) is 5.32 Å². The molecule has 9 nitrogen and oxygen atoms in total. The number of carbonyl (C=O) groups excluding carboxylic acids is 1. The van der Waals surface area contributed by atoms with Gasteiger partial charge < -0.3 is 15.4 Å². The van der Waals surface area contributed by atoms with Crippen molar-refractivity contribution < 1.29 is 14.7 Å². The van der Waals surface area contributed by atoms with Crippen molar-refractivity contribution in [1.29, 1.82) is 0 Å². The molecule has 1 aliphatic heterocycles. The Bertz CT molecular complexity index is 984. The third kappa shape index (κ3) is 1.76. The number of carboxylic acids is 1. The highest BCUT2D eigenvalue weighted by atomic mass is 16.4. The van der Waals surface area contributed by atoms with E-state index in [1.165, 1.54) is 0 Å². The number of amides is 1. The van der Waals surface area contributed by atoms with Crippen molar-refractivity contribution >= 4 is 28.6 Å². The first-order chi connectivity index (χ1) is 10.9. The highest BCUT2D eigenvalue weighted by Gasteiger charge is 2.38. The van der Waals surface area contributed by atoms with Crippen LogP contribution < -0.4 is 5.32 Å². The van der Waals surface area contributed by atoms with Crippen LogP contribution in [0.5, 0.6) is 0 Å². The number of benzene rings is 1. The number of H-pyrrole nitrogens is 2. The van der Waals surface area contributed by atoms with Gasteiger partial charge in [-0.05, 0) is 31.5 Å². The summed E-state index contributed by atoms with van der Waals surface area (Å²) in [5.41, 5.74) is 2.27. The lowest BCUT2D eigenvalue weighted by Crippen LogP contribution is -2.26. The van der Waals surface area contributed by atoms with E-state index in [1.54, 1.807) is 6.07 Å². The molecule has 1 aromatic carbocycles. The summed E-state index contributed by atoms with van der Waals surface area (Å²) in [7, 11) is 0. The van der Waals surface area contributed by atoms with Crippen LogP contribution in [0, 0.1) is 0 Å². The Morgan fingerprint density at radius 3 is 2.83 bits per heavy atom. The second-order valence-electron chi connectivity index (χ2n) is 5.92. The van der Waals surface area contributed by atoms with Gasteiger partial charge in [-0.2, -0.15) is 0 Å². The molecule has 0 radical (unpaired) electrons. The molecule has 4 N–H and O–H groups in total. The molecule has 0 fully saturated rings. The molecule has 4 rings (SSSR count). The number of hydrogen-bond acceptors (Lipinski definition) is 5. The van der Waals surface area contributed by atoms with Crippen molar-refractivity contribution in [3.05, 3.63) is 23.4 Å². The maximum Gasteiger partial charge on any atom is 0.358 e. The number of fused-ring (bicyclic) bond motifs is 2. The van der Waals surface area contributed by atoms with Crippen LogP contribution in [-0.2, 0) is 10.2 Å². The van der Waals surface area contributed by atoms with E-state index in [0.717, 1.165) is 11.3 Å². The number of hydrogen-bond donors (Lipinski definition) is 4. The van der Waals surface area contributed by atoms with Crippen molar-refractivity contribution in [3.63, 3.8) is 0 Å². The topological polar surface area (TPSA) is 137 Å². The fourth-order valence-electron chi connectivity index (χ4n) is 2.74. The summed E-state index contributed by atoms with van der Waals surface area (Å²) in [4.78, 5) is 30.6. The Kier molecular flexibility index (Phi) is 2.43. The number of aromatic carboxylic acids is 1. The molecule has 3 aromatic rings. The first-order valence-corrected chi connectivity index (χ1v) is 6.88. The third-order valence-electron chi connectivity index (χ3n) is 4.10. The van der Waals surface area contributed by atoms with Crippen LogP contribution in [0.1, 0.15) is 29.9 Å². The number of carboxylic acid groups (broad SMARTS) is 1. The second kappa shape index (κ2) is 4.15. The van der Waals surface area contributed by atoms with E-state index in [9.17, 15) is 9.59 Å². The van der Waals surface area contributed by atoms with Crippen molar-refractivity contribution in [1.82, 2.24) is 25.4 Å². The van der Waals surface area contributed by atoms with E-state index in [2.05, 4.69) is 30.7 Å². The minimum absolute atomic E-state index is 0.0636. The van der Waals surface area contributed by atoms with Crippen LogP contribution >= 0.6 is 0 Å². The van der Waals surface area contributed by atoms with E-state index < -0.39 is 11.4 Å². The number of imidazole rings is 1. The van der Waals surface area contributed by atoms with Crippen LogP contribution in [0.15, 0.2) is 12.1 Å². The summed E-state index contributed by atoms with van der Waals surface area (Å²) in [6, 6.07) is 3.62. The zero-order chi connectivity index (χ0) is 16.4. The summed E-state index contributed by atoms with van der Waals surface area (Å²) in [6.45, 7) is 3.68. The third-order valence-corrected chi connectivity index (χ3v) is 4.10. The Morgan fingerprint density at radius 1 is 1.30 bits per heavy atom. The predicted molar refractivity (Wildman–Crippen MR) is 80.1 cm³/mol. The zero-order valence-corrected chi connectivity index (χ0v) is 12.3. The monoisotopic (exact) mass is 312 g/mol. The molecule has 2 aromatic heterocycles. The van der Waals surface area contributed by atoms with Crippen molar-refractivity contribution in [2.24, 2.45) is 0 Å². The second-order valence-corrected chi connectivity index (χ2v) is 5.92. The molecule has 1 aliphatic rings. The maximum absolute atomic E-state index is 12.0. The molecule has 116 valence electrons. The van der Waals surface area contributed by atoms with Gasteiger partial charge in [0.15, 0.2) is 5.82 Å². The Morgan fingerprint density at radius 2 is 2.09 bits per heavy atom. The van der Waals surface area contributed by atoms with Gasteiger partial charge in [0.2, 0.25) is 11.6 Å². The Hall–Kier alpha value is -3.23. The molecule has 0 atom stereocenters. The van der Waals surface area contributed by atoms with Gasteiger partial charge in [0, 0.05) is 5.69 Å². The predicted octanol–water partition coefficient (Wildman–Crippen LogP) is 1.28. The van der Waals surface area contributed by atoms with Crippen molar-refractivity contribution in [2.45, 2.75) is 19.3 Å². The van der Waals surface area contributed by atoms with E-state index in [4.69, 9.17) is 5.11 Å². The number of carbonyl (C=O) groups is 2. The zero-order valence-electron chi connectivity index (χ0n) is 12.3. The van der Waals surface area contributed by atoms with E-state index in [0.29, 0.717) is 16.9 Å². The molecule has 0 saturated heterocycles. The minimum Gasteiger partial charge on any atom is -0.476 e. The van der Waals surface area contributed by atoms with Gasteiger partial charge in [0.05, 0.1) is 16.4 Å². The summed E-state index contributed by atoms with van der Waals surface area (Å²) >= 11 is 0. The summed E-state index contributed by atoms with van der Waals surface area (Å²) < 4.78 is 0. The maximum atomic E-state index is 12.0. The van der Waals surface area contributed by atoms with Crippen LogP contribution in [-0.4, -0.2) is 42.4 Å². The van der Waals surface area contributed by atoms with E-state index in [1.807, 2.05) is 19.9 Å². The van der Waals surface area contributed by atoms with Crippen LogP contribution in [0.25, 0.3) is 22.6 Å². The molecule has 9 heteroatoms. The molecule has 0 aliphatic carbocycles. The number of rotatable bonds is 2.